The SMILES string of the molecule is CCCC1NC(C(C)CC)C(=O)N1C1CCCC(C)(C)C1. The van der Waals surface area contributed by atoms with Crippen LogP contribution in [0.1, 0.15) is 79.6 Å². The highest BCUT2D eigenvalue weighted by Gasteiger charge is 2.45. The monoisotopic (exact) mass is 294 g/mol. The molecule has 0 radical (unpaired) electrons. The van der Waals surface area contributed by atoms with E-state index in [9.17, 15) is 4.79 Å². The normalized spacial score (nSPS) is 34.2. The molecule has 21 heavy (non-hydrogen) atoms. The lowest BCUT2D eigenvalue weighted by atomic mass is 9.74. The van der Waals surface area contributed by atoms with Crippen molar-refractivity contribution in [1.82, 2.24) is 10.2 Å². The van der Waals surface area contributed by atoms with E-state index in [4.69, 9.17) is 0 Å². The summed E-state index contributed by atoms with van der Waals surface area (Å²) in [5, 5.41) is 3.64. The molecule has 1 amide bonds. The first-order valence-corrected chi connectivity index (χ1v) is 8.98. The van der Waals surface area contributed by atoms with Crippen LogP contribution in [0, 0.1) is 11.3 Å². The molecule has 3 heteroatoms. The van der Waals surface area contributed by atoms with E-state index in [0.29, 0.717) is 23.3 Å². The molecule has 4 unspecified atom stereocenters. The van der Waals surface area contributed by atoms with Crippen LogP contribution in [-0.4, -0.2) is 29.1 Å². The second-order valence-corrected chi connectivity index (χ2v) is 7.99. The number of carbonyl (C=O) groups is 1. The van der Waals surface area contributed by atoms with Gasteiger partial charge in [0.05, 0.1) is 12.2 Å². The summed E-state index contributed by atoms with van der Waals surface area (Å²) in [7, 11) is 0. The van der Waals surface area contributed by atoms with Gasteiger partial charge in [-0.15, -0.1) is 0 Å². The van der Waals surface area contributed by atoms with Crippen LogP contribution in [0.4, 0.5) is 0 Å². The zero-order valence-corrected chi connectivity index (χ0v) is 14.6. The quantitative estimate of drug-likeness (QED) is 0.833. The molecule has 0 aromatic rings. The van der Waals surface area contributed by atoms with Crippen molar-refractivity contribution < 1.29 is 4.79 Å². The average Bonchev–Trinajstić information content (AvgIpc) is 2.74. The molecule has 1 heterocycles. The minimum Gasteiger partial charge on any atom is -0.323 e. The van der Waals surface area contributed by atoms with E-state index in [1.807, 2.05) is 0 Å². The summed E-state index contributed by atoms with van der Waals surface area (Å²) >= 11 is 0. The average molecular weight is 294 g/mol. The topological polar surface area (TPSA) is 32.3 Å². The number of hydrogen-bond acceptors (Lipinski definition) is 2. The van der Waals surface area contributed by atoms with Crippen molar-refractivity contribution in [1.29, 1.82) is 0 Å². The van der Waals surface area contributed by atoms with Gasteiger partial charge in [0.2, 0.25) is 5.91 Å². The summed E-state index contributed by atoms with van der Waals surface area (Å²) in [5.41, 5.74) is 0.383. The van der Waals surface area contributed by atoms with Crippen molar-refractivity contribution in [2.75, 3.05) is 0 Å². The molecule has 122 valence electrons. The van der Waals surface area contributed by atoms with Gasteiger partial charge in [0, 0.05) is 6.04 Å². The summed E-state index contributed by atoms with van der Waals surface area (Å²) in [6.07, 6.45) is 8.44. The predicted octanol–water partition coefficient (Wildman–Crippen LogP) is 3.93. The first-order valence-electron chi connectivity index (χ1n) is 8.98. The summed E-state index contributed by atoms with van der Waals surface area (Å²) in [5.74, 6) is 0.795. The number of rotatable bonds is 5. The molecule has 1 aliphatic heterocycles. The maximum Gasteiger partial charge on any atom is 0.241 e. The number of nitrogens with zero attached hydrogens (tertiary/aromatic N) is 1. The van der Waals surface area contributed by atoms with Gasteiger partial charge in [0.1, 0.15) is 0 Å². The third kappa shape index (κ3) is 3.61. The summed E-state index contributed by atoms with van der Waals surface area (Å²) in [6, 6.07) is 0.482. The Morgan fingerprint density at radius 2 is 2.10 bits per heavy atom. The van der Waals surface area contributed by atoms with Gasteiger partial charge in [-0.3, -0.25) is 10.1 Å². The van der Waals surface area contributed by atoms with Gasteiger partial charge >= 0.3 is 0 Å². The molecule has 0 spiro atoms. The van der Waals surface area contributed by atoms with E-state index in [0.717, 1.165) is 25.7 Å². The van der Waals surface area contributed by atoms with Gasteiger partial charge in [0.15, 0.2) is 0 Å². The lowest BCUT2D eigenvalue weighted by molar-refractivity contribution is -0.134. The van der Waals surface area contributed by atoms with Crippen LogP contribution in [0.25, 0.3) is 0 Å². The Labute approximate surface area is 130 Å². The van der Waals surface area contributed by atoms with Crippen LogP contribution in [-0.2, 0) is 4.79 Å². The molecule has 2 aliphatic rings. The third-order valence-corrected chi connectivity index (χ3v) is 5.58. The molecule has 0 aromatic heterocycles. The van der Waals surface area contributed by atoms with Gasteiger partial charge in [0.25, 0.3) is 0 Å². The second-order valence-electron chi connectivity index (χ2n) is 7.99. The summed E-state index contributed by atoms with van der Waals surface area (Å²) in [4.78, 5) is 15.2. The number of hydrogen-bond donors (Lipinski definition) is 1. The minimum absolute atomic E-state index is 0.0385. The van der Waals surface area contributed by atoms with E-state index in [2.05, 4.69) is 44.8 Å². The zero-order valence-electron chi connectivity index (χ0n) is 14.6. The van der Waals surface area contributed by atoms with E-state index >= 15 is 0 Å². The molecule has 1 saturated carbocycles. The maximum atomic E-state index is 13.0. The fourth-order valence-electron chi connectivity index (χ4n) is 4.14. The Bertz CT molecular complexity index is 366. The third-order valence-electron chi connectivity index (χ3n) is 5.58. The van der Waals surface area contributed by atoms with Crippen molar-refractivity contribution >= 4 is 5.91 Å². The molecule has 1 aliphatic carbocycles. The molecular weight excluding hydrogens is 260 g/mol. The van der Waals surface area contributed by atoms with Gasteiger partial charge in [-0.1, -0.05) is 53.9 Å². The Balaban J connectivity index is 2.16. The Hall–Kier alpha value is -0.570. The van der Waals surface area contributed by atoms with Crippen molar-refractivity contribution in [3.63, 3.8) is 0 Å². The second kappa shape index (κ2) is 6.68. The Morgan fingerprint density at radius 1 is 1.38 bits per heavy atom. The summed E-state index contributed by atoms with van der Waals surface area (Å²) < 4.78 is 0. The van der Waals surface area contributed by atoms with Crippen molar-refractivity contribution in [3.05, 3.63) is 0 Å². The standard InChI is InChI=1S/C18H34N2O/c1-6-9-15-19-16(13(3)7-2)17(21)20(15)14-10-8-11-18(4,5)12-14/h13-16,19H,6-12H2,1-5H3. The van der Waals surface area contributed by atoms with E-state index in [1.54, 1.807) is 0 Å². The molecule has 1 saturated heterocycles. The van der Waals surface area contributed by atoms with Crippen LogP contribution in [0.15, 0.2) is 0 Å². The van der Waals surface area contributed by atoms with Crippen molar-refractivity contribution in [3.8, 4) is 0 Å². The number of carbonyl (C=O) groups excluding carboxylic acids is 1. The molecule has 2 rings (SSSR count). The fourth-order valence-corrected chi connectivity index (χ4v) is 4.14. The smallest absolute Gasteiger partial charge is 0.241 e. The zero-order chi connectivity index (χ0) is 15.6. The van der Waals surface area contributed by atoms with Crippen LogP contribution >= 0.6 is 0 Å². The Kier molecular flexibility index (Phi) is 5.34. The van der Waals surface area contributed by atoms with Crippen LogP contribution in [0.5, 0.6) is 0 Å². The highest BCUT2D eigenvalue weighted by Crippen LogP contribution is 2.39. The first kappa shape index (κ1) is 16.8. The highest BCUT2D eigenvalue weighted by atomic mass is 16.2. The summed E-state index contributed by atoms with van der Waals surface area (Å²) in [6.45, 7) is 11.3. The fraction of sp³-hybridized carbons (Fsp3) is 0.944. The minimum atomic E-state index is 0.0385. The number of nitrogens with one attached hydrogen (secondary N) is 1. The lowest BCUT2D eigenvalue weighted by Gasteiger charge is -2.41. The molecule has 4 atom stereocenters. The lowest BCUT2D eigenvalue weighted by Crippen LogP contribution is -2.47. The molecule has 3 nitrogen and oxygen atoms in total. The van der Waals surface area contributed by atoms with Crippen LogP contribution in [0.3, 0.4) is 0 Å². The molecular formula is C18H34N2O. The van der Waals surface area contributed by atoms with Gasteiger partial charge in [-0.2, -0.15) is 0 Å². The van der Waals surface area contributed by atoms with Gasteiger partial charge < -0.3 is 4.90 Å². The highest BCUT2D eigenvalue weighted by molar-refractivity contribution is 5.85. The van der Waals surface area contributed by atoms with E-state index in [-0.39, 0.29) is 12.2 Å². The van der Waals surface area contributed by atoms with Gasteiger partial charge in [-0.25, -0.2) is 0 Å². The predicted molar refractivity (Wildman–Crippen MR) is 88.0 cm³/mol. The molecule has 1 N–H and O–H groups in total. The molecule has 2 fully saturated rings. The Morgan fingerprint density at radius 3 is 2.67 bits per heavy atom. The van der Waals surface area contributed by atoms with Crippen LogP contribution < -0.4 is 5.32 Å². The van der Waals surface area contributed by atoms with Crippen LogP contribution in [0.2, 0.25) is 0 Å². The van der Waals surface area contributed by atoms with Crippen molar-refractivity contribution in [2.45, 2.75) is 97.8 Å². The van der Waals surface area contributed by atoms with Crippen molar-refractivity contribution in [2.24, 2.45) is 11.3 Å². The largest absolute Gasteiger partial charge is 0.323 e. The van der Waals surface area contributed by atoms with Gasteiger partial charge in [-0.05, 0) is 37.0 Å². The van der Waals surface area contributed by atoms with E-state index in [1.165, 1.54) is 19.3 Å². The molecule has 0 bridgehead atoms. The molecule has 0 aromatic carbocycles. The first-order chi connectivity index (χ1) is 9.89. The number of amides is 1. The maximum absolute atomic E-state index is 13.0. The van der Waals surface area contributed by atoms with E-state index < -0.39 is 0 Å².